The molecule has 3 aromatic rings. The first-order valence-electron chi connectivity index (χ1n) is 14.3. The van der Waals surface area contributed by atoms with Gasteiger partial charge in [0.05, 0.1) is 18.3 Å². The van der Waals surface area contributed by atoms with Gasteiger partial charge in [0.15, 0.2) is 0 Å². The topological polar surface area (TPSA) is 95.2 Å². The van der Waals surface area contributed by atoms with Crippen LogP contribution in [0, 0.1) is 11.8 Å². The second-order valence-corrected chi connectivity index (χ2v) is 11.0. The number of rotatable bonds is 6. The van der Waals surface area contributed by atoms with Crippen molar-refractivity contribution in [2.45, 2.75) is 45.1 Å². The monoisotopic (exact) mass is 526 g/mol. The van der Waals surface area contributed by atoms with E-state index in [0.29, 0.717) is 34.9 Å². The zero-order valence-corrected chi connectivity index (χ0v) is 22.9. The largest absolute Gasteiger partial charge is 0.497 e. The molecule has 4 heterocycles. The fourth-order valence-electron chi connectivity index (χ4n) is 6.36. The van der Waals surface area contributed by atoms with Gasteiger partial charge in [-0.05, 0) is 74.3 Å². The number of anilines is 2. The molecule has 8 nitrogen and oxygen atoms in total. The van der Waals surface area contributed by atoms with Crippen LogP contribution in [0.5, 0.6) is 0 Å². The number of allylic oxidation sites excluding steroid dienone is 3. The zero-order valence-electron chi connectivity index (χ0n) is 22.9. The molecule has 2 saturated heterocycles. The third kappa shape index (κ3) is 5.30. The second-order valence-electron chi connectivity index (χ2n) is 11.0. The van der Waals surface area contributed by atoms with Crippen molar-refractivity contribution in [3.8, 4) is 11.3 Å². The summed E-state index contributed by atoms with van der Waals surface area (Å²) in [6, 6.07) is 12.1. The summed E-state index contributed by atoms with van der Waals surface area (Å²) in [5, 5.41) is 8.11. The molecule has 0 amide bonds. The van der Waals surface area contributed by atoms with Crippen LogP contribution in [0.15, 0.2) is 64.7 Å². The predicted molar refractivity (Wildman–Crippen MR) is 157 cm³/mol. The van der Waals surface area contributed by atoms with Gasteiger partial charge in [0, 0.05) is 31.1 Å². The third-order valence-electron chi connectivity index (χ3n) is 8.43. The van der Waals surface area contributed by atoms with Crippen molar-refractivity contribution in [2.24, 2.45) is 11.8 Å². The molecule has 1 aromatic carbocycles. The number of H-pyrrole nitrogens is 1. The molecule has 0 bridgehead atoms. The number of ether oxygens (including phenoxy) is 1. The van der Waals surface area contributed by atoms with Crippen LogP contribution >= 0.6 is 0 Å². The Morgan fingerprint density at radius 1 is 1.08 bits per heavy atom. The molecule has 8 heteroatoms. The van der Waals surface area contributed by atoms with E-state index in [9.17, 15) is 4.79 Å². The number of hydrogen-bond acceptors (Lipinski definition) is 7. The number of nitrogens with one attached hydrogen (secondary N) is 3. The van der Waals surface area contributed by atoms with Crippen molar-refractivity contribution in [3.05, 3.63) is 70.2 Å². The molecule has 0 spiro atoms. The van der Waals surface area contributed by atoms with Crippen molar-refractivity contribution in [1.82, 2.24) is 20.3 Å². The molecule has 3 aliphatic rings. The van der Waals surface area contributed by atoms with Gasteiger partial charge in [-0.25, -0.2) is 4.98 Å². The van der Waals surface area contributed by atoms with E-state index in [4.69, 9.17) is 14.7 Å². The SMILES string of the molecule is COC1=C(C2CCN(c3nc(N[C@@H]4CCCNC4)c(-c4ccc5ccccc5n4)c(=O)[nH]3)CC2)C(C)CC=C1. The lowest BCUT2D eigenvalue weighted by atomic mass is 9.78. The number of aromatic nitrogens is 3. The third-order valence-corrected chi connectivity index (χ3v) is 8.43. The quantitative estimate of drug-likeness (QED) is 0.422. The summed E-state index contributed by atoms with van der Waals surface area (Å²) >= 11 is 0. The molecule has 204 valence electrons. The first kappa shape index (κ1) is 25.6. The van der Waals surface area contributed by atoms with Crippen LogP contribution < -0.4 is 21.1 Å². The summed E-state index contributed by atoms with van der Waals surface area (Å²) in [4.78, 5) is 28.9. The second kappa shape index (κ2) is 11.2. The summed E-state index contributed by atoms with van der Waals surface area (Å²) in [7, 11) is 1.77. The van der Waals surface area contributed by atoms with E-state index < -0.39 is 0 Å². The molecule has 2 aliphatic heterocycles. The fourth-order valence-corrected chi connectivity index (χ4v) is 6.36. The van der Waals surface area contributed by atoms with E-state index in [2.05, 4.69) is 39.6 Å². The Balaban J connectivity index is 1.30. The smallest absolute Gasteiger partial charge is 0.263 e. The van der Waals surface area contributed by atoms with Crippen molar-refractivity contribution in [3.63, 3.8) is 0 Å². The molecule has 0 saturated carbocycles. The van der Waals surface area contributed by atoms with Crippen LogP contribution in [0.4, 0.5) is 11.8 Å². The maximum absolute atomic E-state index is 13.7. The lowest BCUT2D eigenvalue weighted by molar-refractivity contribution is 0.278. The fraction of sp³-hybridized carbons (Fsp3) is 0.452. The average Bonchev–Trinajstić information content (AvgIpc) is 2.97. The lowest BCUT2D eigenvalue weighted by Gasteiger charge is -2.36. The minimum absolute atomic E-state index is 0.161. The first-order valence-corrected chi connectivity index (χ1v) is 14.3. The van der Waals surface area contributed by atoms with Crippen molar-refractivity contribution >= 4 is 22.7 Å². The Bertz CT molecular complexity index is 1450. The molecule has 1 aliphatic carbocycles. The van der Waals surface area contributed by atoms with Gasteiger partial charge in [-0.1, -0.05) is 37.3 Å². The lowest BCUT2D eigenvalue weighted by Crippen LogP contribution is -2.40. The molecule has 0 radical (unpaired) electrons. The number of para-hydroxylation sites is 1. The van der Waals surface area contributed by atoms with Crippen molar-refractivity contribution in [2.75, 3.05) is 43.5 Å². The number of fused-ring (bicyclic) bond motifs is 1. The van der Waals surface area contributed by atoms with Crippen LogP contribution in [0.3, 0.4) is 0 Å². The number of benzene rings is 1. The van der Waals surface area contributed by atoms with Crippen LogP contribution in [-0.2, 0) is 4.74 Å². The van der Waals surface area contributed by atoms with Gasteiger partial charge in [-0.3, -0.25) is 9.78 Å². The summed E-state index contributed by atoms with van der Waals surface area (Å²) in [5.41, 5.74) is 3.28. The van der Waals surface area contributed by atoms with E-state index >= 15 is 0 Å². The highest BCUT2D eigenvalue weighted by atomic mass is 16.5. The predicted octanol–water partition coefficient (Wildman–Crippen LogP) is 4.86. The molecule has 1 unspecified atom stereocenters. The molecule has 3 N–H and O–H groups in total. The number of methoxy groups -OCH3 is 1. The van der Waals surface area contributed by atoms with Gasteiger partial charge in [0.1, 0.15) is 17.1 Å². The number of pyridine rings is 1. The number of hydrogen-bond donors (Lipinski definition) is 3. The minimum atomic E-state index is -0.161. The van der Waals surface area contributed by atoms with E-state index in [1.54, 1.807) is 7.11 Å². The highest BCUT2D eigenvalue weighted by molar-refractivity contribution is 5.83. The maximum atomic E-state index is 13.7. The van der Waals surface area contributed by atoms with Gasteiger partial charge >= 0.3 is 0 Å². The summed E-state index contributed by atoms with van der Waals surface area (Å²) in [6.07, 6.45) is 9.54. The molecule has 2 fully saturated rings. The number of aromatic amines is 1. The van der Waals surface area contributed by atoms with Crippen LogP contribution in [-0.4, -0.2) is 54.3 Å². The molecule has 6 rings (SSSR count). The van der Waals surface area contributed by atoms with Crippen molar-refractivity contribution < 1.29 is 4.74 Å². The van der Waals surface area contributed by atoms with E-state index in [0.717, 1.165) is 74.9 Å². The number of nitrogens with zero attached hydrogens (tertiary/aromatic N) is 3. The van der Waals surface area contributed by atoms with E-state index in [-0.39, 0.29) is 11.6 Å². The first-order chi connectivity index (χ1) is 19.1. The summed E-state index contributed by atoms with van der Waals surface area (Å²) in [6.45, 7) is 5.84. The molecule has 39 heavy (non-hydrogen) atoms. The standard InChI is InChI=1S/C31H38N6O2/c1-20-7-5-11-26(39-2)27(20)22-14-17-37(18-15-22)31-35-29(33-23-9-6-16-32-19-23)28(30(38)36-31)25-13-12-21-8-3-4-10-24(21)34-25/h3-5,8,10-13,20,22-23,32H,6-7,9,14-19H2,1-2H3,(H2,33,35,36,38)/t20?,23-/m1/s1. The Morgan fingerprint density at radius 3 is 2.72 bits per heavy atom. The van der Waals surface area contributed by atoms with Gasteiger partial charge in [-0.2, -0.15) is 4.98 Å². The van der Waals surface area contributed by atoms with Crippen LogP contribution in [0.1, 0.15) is 39.0 Å². The Hall–Kier alpha value is -3.65. The molecule has 2 aromatic heterocycles. The Kier molecular flexibility index (Phi) is 7.37. The van der Waals surface area contributed by atoms with Gasteiger partial charge in [0.25, 0.3) is 5.56 Å². The minimum Gasteiger partial charge on any atom is -0.497 e. The highest BCUT2D eigenvalue weighted by Crippen LogP contribution is 2.37. The van der Waals surface area contributed by atoms with E-state index in [1.165, 1.54) is 5.57 Å². The Morgan fingerprint density at radius 2 is 1.92 bits per heavy atom. The van der Waals surface area contributed by atoms with Crippen LogP contribution in [0.25, 0.3) is 22.2 Å². The van der Waals surface area contributed by atoms with E-state index in [1.807, 2.05) is 36.4 Å². The molecular weight excluding hydrogens is 488 g/mol. The van der Waals surface area contributed by atoms with Gasteiger partial charge in [0.2, 0.25) is 5.95 Å². The zero-order chi connectivity index (χ0) is 26.8. The highest BCUT2D eigenvalue weighted by Gasteiger charge is 2.30. The van der Waals surface area contributed by atoms with Gasteiger partial charge < -0.3 is 20.3 Å². The maximum Gasteiger partial charge on any atom is 0.263 e. The summed E-state index contributed by atoms with van der Waals surface area (Å²) in [5.74, 6) is 3.25. The molecule has 2 atom stereocenters. The summed E-state index contributed by atoms with van der Waals surface area (Å²) < 4.78 is 5.72. The molecular formula is C31H38N6O2. The normalized spacial score (nSPS) is 22.4. The number of piperidine rings is 2. The Labute approximate surface area is 229 Å². The van der Waals surface area contributed by atoms with Gasteiger partial charge in [-0.15, -0.1) is 0 Å². The van der Waals surface area contributed by atoms with Crippen LogP contribution in [0.2, 0.25) is 0 Å². The van der Waals surface area contributed by atoms with Crippen molar-refractivity contribution in [1.29, 1.82) is 0 Å². The average molecular weight is 527 g/mol.